The van der Waals surface area contributed by atoms with Crippen molar-refractivity contribution in [1.29, 1.82) is 0 Å². The molecule has 16 heteroatoms. The summed E-state index contributed by atoms with van der Waals surface area (Å²) in [4.78, 5) is 28.4. The van der Waals surface area contributed by atoms with Crippen LogP contribution in [-0.2, 0) is 20.3 Å². The smallest absolute Gasteiger partial charge is 0.410 e. The average molecular weight is 962 g/mol. The van der Waals surface area contributed by atoms with Gasteiger partial charge in [0.15, 0.2) is 21.1 Å². The third-order valence-corrected chi connectivity index (χ3v) is 13.2. The van der Waals surface area contributed by atoms with Crippen LogP contribution in [0.5, 0.6) is 0 Å². The van der Waals surface area contributed by atoms with Gasteiger partial charge in [0.1, 0.15) is 5.60 Å². The number of fused-ring (bicyclic) bond motifs is 2. The first-order valence-electron chi connectivity index (χ1n) is 22.0. The van der Waals surface area contributed by atoms with Crippen LogP contribution in [0.4, 0.5) is 16.2 Å². The summed E-state index contributed by atoms with van der Waals surface area (Å²) in [6.45, 7) is 17.7. The molecule has 3 aromatic carbocycles. The second kappa shape index (κ2) is 18.6. The lowest BCUT2D eigenvalue weighted by Gasteiger charge is -2.45. The number of hydrogen-bond donors (Lipinski definition) is 1. The summed E-state index contributed by atoms with van der Waals surface area (Å²) in [5.41, 5.74) is 10.1. The number of sulfone groups is 1. The molecule has 0 unspecified atom stereocenters. The van der Waals surface area contributed by atoms with Crippen molar-refractivity contribution in [2.45, 2.75) is 84.0 Å². The summed E-state index contributed by atoms with van der Waals surface area (Å²) in [6.07, 6.45) is 12.2. The Morgan fingerprint density at radius 1 is 0.708 bits per heavy atom. The first-order chi connectivity index (χ1) is 30.9. The van der Waals surface area contributed by atoms with Crippen molar-refractivity contribution >= 4 is 54.5 Å². The van der Waals surface area contributed by atoms with Gasteiger partial charge in [0, 0.05) is 109 Å². The highest BCUT2D eigenvalue weighted by atomic mass is 79.9. The van der Waals surface area contributed by atoms with Gasteiger partial charge in [0.2, 0.25) is 0 Å². The molecule has 0 saturated carbocycles. The molecule has 4 aromatic heterocycles. The predicted molar refractivity (Wildman–Crippen MR) is 262 cm³/mol. The molecule has 2 aliphatic heterocycles. The van der Waals surface area contributed by atoms with Crippen molar-refractivity contribution in [3.8, 4) is 33.4 Å². The van der Waals surface area contributed by atoms with Crippen molar-refractivity contribution in [1.82, 2.24) is 39.4 Å². The van der Waals surface area contributed by atoms with Crippen LogP contribution >= 0.6 is 15.9 Å². The lowest BCUT2D eigenvalue weighted by Crippen LogP contribution is -2.58. The molecule has 65 heavy (non-hydrogen) atoms. The Labute approximate surface area is 389 Å². The Morgan fingerprint density at radius 2 is 1.23 bits per heavy atom. The Balaban J connectivity index is 0.000000178. The number of nitrogens with one attached hydrogen (secondary N) is 1. The van der Waals surface area contributed by atoms with E-state index < -0.39 is 15.4 Å². The highest BCUT2D eigenvalue weighted by molar-refractivity contribution is 9.10. The van der Waals surface area contributed by atoms with E-state index in [0.717, 1.165) is 73.5 Å². The van der Waals surface area contributed by atoms with Gasteiger partial charge in [-0.2, -0.15) is 10.2 Å². The number of halogens is 1. The predicted octanol–water partition coefficient (Wildman–Crippen LogP) is 8.79. The first kappa shape index (κ1) is 45.7. The molecule has 14 nitrogen and oxygen atoms in total. The van der Waals surface area contributed by atoms with E-state index in [0.29, 0.717) is 25.2 Å². The number of aromatic nitrogens is 6. The molecule has 2 saturated heterocycles. The molecule has 2 fully saturated rings. The van der Waals surface area contributed by atoms with Crippen molar-refractivity contribution in [2.75, 3.05) is 42.2 Å². The van der Waals surface area contributed by atoms with Gasteiger partial charge in [-0.1, -0.05) is 42.5 Å². The standard InChI is InChI=1S/C26H29N5O2S.C23H28BrN5O2/c1-18-12-27-13-19(2)31(18)24-9-7-21(8-10-24)23-14-28-26-25(15-29-30(26)16-23)22-6-4-5-20(11-22)17-34(3,32)33;1-15-12-27(22(30)31-23(3,4)5)13-16(2)29(15)19-8-6-17(7-9-19)18-10-25-21-20(24)11-26-28(21)14-18/h4-11,14-16,18-19,27H,12-13,17H2,1-3H3;6-11,14-16H,12-13H2,1-5H3/t18-,19+;15-,16+. The van der Waals surface area contributed by atoms with Gasteiger partial charge in [-0.25, -0.2) is 32.2 Å². The van der Waals surface area contributed by atoms with Crippen LogP contribution in [0.2, 0.25) is 0 Å². The number of carbonyl (C=O) groups excluding carboxylic acids is 1. The molecule has 0 aliphatic carbocycles. The number of amides is 1. The monoisotopic (exact) mass is 960 g/mol. The average Bonchev–Trinajstić information content (AvgIpc) is 3.85. The van der Waals surface area contributed by atoms with E-state index >= 15 is 0 Å². The van der Waals surface area contributed by atoms with E-state index in [2.05, 4.69) is 122 Å². The van der Waals surface area contributed by atoms with Gasteiger partial charge in [-0.05, 0) is 117 Å². The zero-order chi connectivity index (χ0) is 46.2. The van der Waals surface area contributed by atoms with E-state index in [1.54, 1.807) is 21.4 Å². The van der Waals surface area contributed by atoms with Crippen LogP contribution in [0.1, 0.15) is 54.0 Å². The maximum Gasteiger partial charge on any atom is 0.410 e. The SMILES string of the molecule is C[C@@H]1CN(C(=O)OC(C)(C)C)C[C@H](C)N1c1ccc(-c2cnc3c(Br)cnn3c2)cc1.C[C@@H]1CNC[C@H](C)N1c1ccc(-c2cnc3c(-c4cccc(CS(C)(=O)=O)c4)cnn3c2)cc1. The molecule has 7 aromatic rings. The topological polar surface area (TPSA) is 143 Å². The van der Waals surface area contributed by atoms with Crippen LogP contribution in [0.3, 0.4) is 0 Å². The number of hydrogen-bond acceptors (Lipinski definition) is 11. The number of carbonyl (C=O) groups is 1. The van der Waals surface area contributed by atoms with E-state index in [1.165, 1.54) is 11.9 Å². The molecule has 0 bridgehead atoms. The minimum atomic E-state index is -3.10. The molecule has 2 aliphatic rings. The number of piperazine rings is 2. The van der Waals surface area contributed by atoms with Crippen LogP contribution in [0, 0.1) is 0 Å². The van der Waals surface area contributed by atoms with Crippen LogP contribution in [0.25, 0.3) is 44.7 Å². The molecule has 6 heterocycles. The summed E-state index contributed by atoms with van der Waals surface area (Å²) in [6, 6.07) is 25.9. The second-order valence-electron chi connectivity index (χ2n) is 18.4. The van der Waals surface area contributed by atoms with Gasteiger partial charge in [0.05, 0.1) is 22.6 Å². The Kier molecular flexibility index (Phi) is 13.1. The Morgan fingerprint density at radius 3 is 1.78 bits per heavy atom. The molecular formula is C49H57BrN10O4S. The lowest BCUT2D eigenvalue weighted by molar-refractivity contribution is 0.0193. The fourth-order valence-corrected chi connectivity index (χ4v) is 10.1. The molecular weight excluding hydrogens is 905 g/mol. The number of anilines is 2. The highest BCUT2D eigenvalue weighted by Gasteiger charge is 2.34. The quantitative estimate of drug-likeness (QED) is 0.164. The lowest BCUT2D eigenvalue weighted by atomic mass is 10.0. The van der Waals surface area contributed by atoms with Crippen LogP contribution in [0.15, 0.2) is 114 Å². The van der Waals surface area contributed by atoms with Gasteiger partial charge < -0.3 is 24.8 Å². The molecule has 1 amide bonds. The van der Waals surface area contributed by atoms with Gasteiger partial charge in [0.25, 0.3) is 0 Å². The Hall–Kier alpha value is -5.84. The minimum Gasteiger partial charge on any atom is -0.444 e. The van der Waals surface area contributed by atoms with Gasteiger partial charge in [-0.3, -0.25) is 0 Å². The zero-order valence-corrected chi connectivity index (χ0v) is 40.6. The first-order valence-corrected chi connectivity index (χ1v) is 24.8. The van der Waals surface area contributed by atoms with Gasteiger partial charge in [-0.15, -0.1) is 0 Å². The summed E-state index contributed by atoms with van der Waals surface area (Å²) in [7, 11) is -3.10. The number of ether oxygens (including phenoxy) is 1. The molecule has 0 spiro atoms. The van der Waals surface area contributed by atoms with Crippen molar-refractivity contribution in [3.63, 3.8) is 0 Å². The van der Waals surface area contributed by atoms with E-state index in [-0.39, 0.29) is 23.9 Å². The van der Waals surface area contributed by atoms with E-state index in [1.807, 2.05) is 74.7 Å². The van der Waals surface area contributed by atoms with Crippen molar-refractivity contribution < 1.29 is 17.9 Å². The molecule has 9 rings (SSSR count). The highest BCUT2D eigenvalue weighted by Crippen LogP contribution is 2.31. The molecule has 340 valence electrons. The summed E-state index contributed by atoms with van der Waals surface area (Å²) >= 11 is 3.46. The van der Waals surface area contributed by atoms with E-state index in [4.69, 9.17) is 9.72 Å². The second-order valence-corrected chi connectivity index (χ2v) is 21.4. The molecule has 1 N–H and O–H groups in total. The number of rotatable bonds is 7. The molecule has 4 atom stereocenters. The third-order valence-electron chi connectivity index (χ3n) is 11.7. The normalized spacial score (nSPS) is 19.3. The largest absolute Gasteiger partial charge is 0.444 e. The van der Waals surface area contributed by atoms with Crippen LogP contribution < -0.4 is 15.1 Å². The van der Waals surface area contributed by atoms with E-state index in [9.17, 15) is 13.2 Å². The maximum absolute atomic E-state index is 12.5. The van der Waals surface area contributed by atoms with Crippen molar-refractivity contribution in [3.05, 3.63) is 120 Å². The number of nitrogens with zero attached hydrogens (tertiary/aromatic N) is 9. The molecule has 0 radical (unpaired) electrons. The van der Waals surface area contributed by atoms with Crippen molar-refractivity contribution in [2.24, 2.45) is 0 Å². The third kappa shape index (κ3) is 10.5. The summed E-state index contributed by atoms with van der Waals surface area (Å²) < 4.78 is 33.4. The van der Waals surface area contributed by atoms with Gasteiger partial charge >= 0.3 is 6.09 Å². The fourth-order valence-electron chi connectivity index (χ4n) is 8.95. The number of benzene rings is 3. The maximum atomic E-state index is 12.5. The zero-order valence-electron chi connectivity index (χ0n) is 38.2. The summed E-state index contributed by atoms with van der Waals surface area (Å²) in [5.74, 6) is 0.0130. The Bertz CT molecular complexity index is 2890. The fraction of sp³-hybridized carbons (Fsp3) is 0.367. The van der Waals surface area contributed by atoms with Crippen LogP contribution in [-0.4, -0.2) is 111 Å². The minimum absolute atomic E-state index is 0.0130. The summed E-state index contributed by atoms with van der Waals surface area (Å²) in [5, 5.41) is 12.3.